The molecule has 10 heteroatoms. The molecule has 2 heterocycles. The maximum atomic E-state index is 12.4. The Balaban J connectivity index is 0.00000320. The van der Waals surface area contributed by atoms with Crippen LogP contribution in [0.15, 0.2) is 21.7 Å². The van der Waals surface area contributed by atoms with E-state index in [-0.39, 0.29) is 37.1 Å². The van der Waals surface area contributed by atoms with E-state index < -0.39 is 11.2 Å². The molecule has 2 aliphatic rings. The van der Waals surface area contributed by atoms with Crippen molar-refractivity contribution in [1.82, 2.24) is 24.4 Å². The summed E-state index contributed by atoms with van der Waals surface area (Å²) in [6.07, 6.45) is 1.71. The van der Waals surface area contributed by atoms with Crippen molar-refractivity contribution in [3.05, 3.63) is 44.1 Å². The third kappa shape index (κ3) is 4.86. The molecule has 0 saturated heterocycles. The van der Waals surface area contributed by atoms with E-state index in [2.05, 4.69) is 34.9 Å². The number of rotatable bonds is 9. The Morgan fingerprint density at radius 3 is 2.23 bits per heavy atom. The van der Waals surface area contributed by atoms with Crippen molar-refractivity contribution in [3.8, 4) is 11.5 Å². The molecule has 1 aromatic rings. The fraction of sp³-hybridized carbons (Fsp3) is 0.500. The van der Waals surface area contributed by atoms with Crippen molar-refractivity contribution in [2.75, 3.05) is 32.8 Å². The number of halogens is 1. The van der Waals surface area contributed by atoms with E-state index in [1.807, 2.05) is 15.5 Å². The van der Waals surface area contributed by atoms with Crippen LogP contribution in [0.25, 0.3) is 22.6 Å². The summed E-state index contributed by atoms with van der Waals surface area (Å²) < 4.78 is 1.84. The van der Waals surface area contributed by atoms with Gasteiger partial charge >= 0.3 is 5.69 Å². The van der Waals surface area contributed by atoms with Gasteiger partial charge in [0.05, 0.1) is 24.2 Å². The summed E-state index contributed by atoms with van der Waals surface area (Å²) in [6, 6.07) is 4.05. The lowest BCUT2D eigenvalue weighted by atomic mass is 10.0. The van der Waals surface area contributed by atoms with E-state index >= 15 is 0 Å². The molecular formula is C20H28ClN5O4. The fourth-order valence-electron chi connectivity index (χ4n) is 3.67. The number of H-pyrrole nitrogens is 1. The Labute approximate surface area is 180 Å². The summed E-state index contributed by atoms with van der Waals surface area (Å²) in [5, 5.41) is 18.5. The van der Waals surface area contributed by atoms with E-state index in [0.717, 1.165) is 18.4 Å². The van der Waals surface area contributed by atoms with Gasteiger partial charge in [-0.3, -0.25) is 14.7 Å². The first kappa shape index (κ1) is 23.9. The number of benzene rings is 1. The summed E-state index contributed by atoms with van der Waals surface area (Å²) in [7, 11) is 0. The number of aliphatic hydroxyl groups is 2. The minimum atomic E-state index is -0.708. The highest BCUT2D eigenvalue weighted by Crippen LogP contribution is 2.25. The normalized spacial score (nSPS) is 11.4. The van der Waals surface area contributed by atoms with E-state index in [1.54, 1.807) is 0 Å². The van der Waals surface area contributed by atoms with Gasteiger partial charge in [-0.05, 0) is 36.1 Å². The molecule has 0 aromatic heterocycles. The Kier molecular flexibility index (Phi) is 8.48. The number of nitrogens with one attached hydrogen (secondary N) is 1. The number of aromatic amines is 1. The molecule has 1 aromatic carbocycles. The van der Waals surface area contributed by atoms with Crippen molar-refractivity contribution >= 4 is 23.4 Å². The predicted octanol–water partition coefficient (Wildman–Crippen LogP) is 0.418. The summed E-state index contributed by atoms with van der Waals surface area (Å²) in [4.78, 5) is 36.9. The standard InChI is InChI=1S/C20H27N5O4.ClH/c1-3-13-11-15-16(12-14(13)4-2)25(6-5-24(7-9-26)8-10-27)18-17(21-15)19(28)23-20(29)22-18;/h11-12,26-27H,3-10H2,1-2H3,(H,23,28,29);1H. The lowest BCUT2D eigenvalue weighted by molar-refractivity contribution is 0.158. The van der Waals surface area contributed by atoms with Crippen LogP contribution < -0.4 is 11.2 Å². The van der Waals surface area contributed by atoms with Crippen LogP contribution in [0.4, 0.5) is 0 Å². The monoisotopic (exact) mass is 437 g/mol. The summed E-state index contributed by atoms with van der Waals surface area (Å²) in [5.41, 5.74) is 2.69. The predicted molar refractivity (Wildman–Crippen MR) is 118 cm³/mol. The van der Waals surface area contributed by atoms with Gasteiger partial charge in [0.2, 0.25) is 0 Å². The highest BCUT2D eigenvalue weighted by Gasteiger charge is 2.20. The van der Waals surface area contributed by atoms with Crippen LogP contribution in [0.1, 0.15) is 25.0 Å². The summed E-state index contributed by atoms with van der Waals surface area (Å²) in [6.45, 7) is 5.90. The van der Waals surface area contributed by atoms with Gasteiger partial charge in [0, 0.05) is 26.2 Å². The van der Waals surface area contributed by atoms with Gasteiger partial charge in [0.25, 0.3) is 5.56 Å². The van der Waals surface area contributed by atoms with E-state index in [4.69, 9.17) is 0 Å². The van der Waals surface area contributed by atoms with Gasteiger partial charge in [-0.15, -0.1) is 12.4 Å². The maximum absolute atomic E-state index is 12.4. The smallest absolute Gasteiger partial charge is 0.349 e. The number of fused-ring (bicyclic) bond motifs is 2. The number of hydrogen-bond acceptors (Lipinski definition) is 7. The fourth-order valence-corrected chi connectivity index (χ4v) is 3.67. The molecule has 0 unspecified atom stereocenters. The molecule has 164 valence electrons. The quantitative estimate of drug-likeness (QED) is 0.414. The largest absolute Gasteiger partial charge is 0.395 e. The molecule has 0 saturated carbocycles. The second kappa shape index (κ2) is 10.6. The highest BCUT2D eigenvalue weighted by molar-refractivity contribution is 5.85. The Morgan fingerprint density at radius 1 is 1.00 bits per heavy atom. The zero-order valence-electron chi connectivity index (χ0n) is 17.2. The summed E-state index contributed by atoms with van der Waals surface area (Å²) >= 11 is 0. The van der Waals surface area contributed by atoms with Gasteiger partial charge in [-0.2, -0.15) is 4.98 Å². The van der Waals surface area contributed by atoms with Crippen molar-refractivity contribution in [2.45, 2.75) is 33.2 Å². The third-order valence-corrected chi connectivity index (χ3v) is 5.16. The third-order valence-electron chi connectivity index (χ3n) is 5.16. The van der Waals surface area contributed by atoms with Gasteiger partial charge in [-0.1, -0.05) is 13.8 Å². The van der Waals surface area contributed by atoms with Gasteiger partial charge in [-0.25, -0.2) is 9.78 Å². The number of nitrogens with zero attached hydrogens (tertiary/aromatic N) is 4. The Hall–Kier alpha value is -2.33. The molecule has 3 rings (SSSR count). The zero-order valence-corrected chi connectivity index (χ0v) is 18.0. The second-order valence-electron chi connectivity index (χ2n) is 6.91. The van der Waals surface area contributed by atoms with Crippen LogP contribution in [0.5, 0.6) is 0 Å². The Morgan fingerprint density at radius 2 is 1.63 bits per heavy atom. The lowest BCUT2D eigenvalue weighted by Crippen LogP contribution is -2.34. The van der Waals surface area contributed by atoms with Crippen molar-refractivity contribution in [3.63, 3.8) is 0 Å². The Bertz CT molecular complexity index is 1080. The SMILES string of the molecule is CCc1cc2nc3c(=O)[nH]c(=O)nc-3n(CCN(CCO)CCO)c2cc1CC.Cl. The highest BCUT2D eigenvalue weighted by atomic mass is 35.5. The number of aromatic nitrogens is 4. The summed E-state index contributed by atoms with van der Waals surface area (Å²) in [5.74, 6) is 0.241. The number of aliphatic hydroxyl groups excluding tert-OH is 2. The lowest BCUT2D eigenvalue weighted by Gasteiger charge is -2.23. The molecule has 0 spiro atoms. The molecule has 0 amide bonds. The molecule has 30 heavy (non-hydrogen) atoms. The van der Waals surface area contributed by atoms with Crippen LogP contribution in [0, 0.1) is 0 Å². The topological polar surface area (TPSA) is 124 Å². The molecule has 3 N–H and O–H groups in total. The molecule has 0 bridgehead atoms. The first-order chi connectivity index (χ1) is 14.0. The molecule has 9 nitrogen and oxygen atoms in total. The van der Waals surface area contributed by atoms with Gasteiger partial charge in [0.1, 0.15) is 0 Å². The van der Waals surface area contributed by atoms with Gasteiger partial charge in [0.15, 0.2) is 11.5 Å². The van der Waals surface area contributed by atoms with E-state index in [0.29, 0.717) is 31.7 Å². The van der Waals surface area contributed by atoms with Crippen LogP contribution in [-0.4, -0.2) is 67.5 Å². The molecule has 2 aliphatic heterocycles. The minimum Gasteiger partial charge on any atom is -0.395 e. The number of aryl methyl sites for hydroxylation is 2. The molecule has 0 atom stereocenters. The first-order valence-electron chi connectivity index (χ1n) is 9.92. The van der Waals surface area contributed by atoms with Crippen molar-refractivity contribution in [2.24, 2.45) is 0 Å². The van der Waals surface area contributed by atoms with Crippen LogP contribution in [0.2, 0.25) is 0 Å². The van der Waals surface area contributed by atoms with E-state index in [9.17, 15) is 19.8 Å². The van der Waals surface area contributed by atoms with Crippen molar-refractivity contribution < 1.29 is 10.2 Å². The number of hydrogen-bond donors (Lipinski definition) is 3. The van der Waals surface area contributed by atoms with E-state index in [1.165, 1.54) is 11.1 Å². The second-order valence-corrected chi connectivity index (χ2v) is 6.91. The molecule has 0 aliphatic carbocycles. The molecule has 0 fully saturated rings. The van der Waals surface area contributed by atoms with Crippen LogP contribution in [0.3, 0.4) is 0 Å². The molecular weight excluding hydrogens is 410 g/mol. The minimum absolute atomic E-state index is 0. The average Bonchev–Trinajstić information content (AvgIpc) is 2.70. The average molecular weight is 438 g/mol. The van der Waals surface area contributed by atoms with Crippen LogP contribution >= 0.6 is 12.4 Å². The van der Waals surface area contributed by atoms with Crippen molar-refractivity contribution in [1.29, 1.82) is 0 Å². The molecule has 0 radical (unpaired) electrons. The van der Waals surface area contributed by atoms with Gasteiger partial charge < -0.3 is 14.8 Å². The first-order valence-corrected chi connectivity index (χ1v) is 9.92. The van der Waals surface area contributed by atoms with Crippen LogP contribution in [-0.2, 0) is 19.4 Å². The zero-order chi connectivity index (χ0) is 21.0. The maximum Gasteiger partial charge on any atom is 0.349 e.